The highest BCUT2D eigenvalue weighted by Gasteiger charge is 2.54. The highest BCUT2D eigenvalue weighted by molar-refractivity contribution is 8.21. The maximum absolute atomic E-state index is 13.3. The molecule has 6 rings (SSSR count). The van der Waals surface area contributed by atoms with Crippen LogP contribution in [0.1, 0.15) is 67.5 Å². The number of ether oxygens (including phenoxy) is 2. The molecule has 2 aromatic heterocycles. The molecule has 1 saturated heterocycles. The first-order valence-electron chi connectivity index (χ1n) is 12.2. The molecule has 4 heterocycles. The van der Waals surface area contributed by atoms with Gasteiger partial charge in [0.15, 0.2) is 17.3 Å². The zero-order valence-corrected chi connectivity index (χ0v) is 20.6. The molecule has 0 amide bonds. The summed E-state index contributed by atoms with van der Waals surface area (Å²) in [5, 5.41) is 4.19. The molecule has 0 radical (unpaired) electrons. The van der Waals surface area contributed by atoms with Gasteiger partial charge in [-0.25, -0.2) is 4.98 Å². The standard InChI is InChI=1S/C23H26F3N3O7S/c24-23(25,26)37(31,32)36-20-14-10-34-12-21(8-9-33-11-21)17(14)27-19(28-20)16-13-4-3-7-22(18(13)35-29-16)6-2-1-5-15(22)30/h31-32H,1-12H2/t21-,22-/m1/s1. The number of aromatic nitrogens is 3. The summed E-state index contributed by atoms with van der Waals surface area (Å²) in [4.78, 5) is 21.9. The average molecular weight is 546 g/mol. The van der Waals surface area contributed by atoms with Crippen LogP contribution in [0.15, 0.2) is 4.52 Å². The van der Waals surface area contributed by atoms with Crippen LogP contribution in [0.2, 0.25) is 0 Å². The van der Waals surface area contributed by atoms with Crippen LogP contribution in [0.25, 0.3) is 11.5 Å². The quantitative estimate of drug-likeness (QED) is 0.563. The third-order valence-corrected chi connectivity index (χ3v) is 8.95. The van der Waals surface area contributed by atoms with Gasteiger partial charge in [0.05, 0.1) is 41.9 Å². The third-order valence-electron chi connectivity index (χ3n) is 7.95. The summed E-state index contributed by atoms with van der Waals surface area (Å²) in [7, 11) is -5.52. The number of hydrogen-bond donors (Lipinski definition) is 2. The van der Waals surface area contributed by atoms with Gasteiger partial charge in [0.25, 0.3) is 0 Å². The summed E-state index contributed by atoms with van der Waals surface area (Å²) < 4.78 is 81.3. The van der Waals surface area contributed by atoms with Gasteiger partial charge in [-0.1, -0.05) is 11.6 Å². The summed E-state index contributed by atoms with van der Waals surface area (Å²) >= 11 is 0. The van der Waals surface area contributed by atoms with Crippen LogP contribution in [-0.2, 0) is 38.1 Å². The number of ketones is 1. The Kier molecular flexibility index (Phi) is 5.84. The second-order valence-corrected chi connectivity index (χ2v) is 11.8. The van der Waals surface area contributed by atoms with Crippen LogP contribution in [-0.4, -0.2) is 55.3 Å². The summed E-state index contributed by atoms with van der Waals surface area (Å²) in [6.45, 7) is 0.675. The lowest BCUT2D eigenvalue weighted by Gasteiger charge is -2.37. The van der Waals surface area contributed by atoms with Crippen LogP contribution < -0.4 is 4.18 Å². The molecule has 1 saturated carbocycles. The van der Waals surface area contributed by atoms with Crippen molar-refractivity contribution >= 4 is 16.7 Å². The van der Waals surface area contributed by atoms with E-state index in [1.165, 1.54) is 0 Å². The Balaban J connectivity index is 1.51. The molecule has 2 fully saturated rings. The zero-order chi connectivity index (χ0) is 26.1. The Morgan fingerprint density at radius 1 is 0.973 bits per heavy atom. The Morgan fingerprint density at radius 3 is 2.49 bits per heavy atom. The fraction of sp³-hybridized carbons (Fsp3) is 0.652. The van der Waals surface area contributed by atoms with Crippen molar-refractivity contribution in [2.75, 3.05) is 19.8 Å². The lowest BCUT2D eigenvalue weighted by molar-refractivity contribution is -0.128. The number of fused-ring (bicyclic) bond motifs is 4. The topological polar surface area (TPSA) is 137 Å². The first-order chi connectivity index (χ1) is 17.6. The van der Waals surface area contributed by atoms with Gasteiger partial charge in [-0.05, 0) is 38.5 Å². The SMILES string of the molecule is O=C1CCCC[C@@]12CCCc1c(-c3nc(OS(O)(O)C(F)(F)F)c4c(n3)[C@@]3(CCOC3)COC4)noc12. The molecule has 2 spiro atoms. The van der Waals surface area contributed by atoms with E-state index in [1.807, 2.05) is 0 Å². The predicted octanol–water partition coefficient (Wildman–Crippen LogP) is 4.60. The molecule has 2 aromatic rings. The van der Waals surface area contributed by atoms with Gasteiger partial charge in [0.2, 0.25) is 16.8 Å². The molecular formula is C23H26F3N3O7S. The van der Waals surface area contributed by atoms with Crippen molar-refractivity contribution in [1.29, 1.82) is 0 Å². The molecule has 0 aromatic carbocycles. The van der Waals surface area contributed by atoms with Crippen molar-refractivity contribution in [2.24, 2.45) is 0 Å². The van der Waals surface area contributed by atoms with Gasteiger partial charge in [0, 0.05) is 18.6 Å². The Labute approximate surface area is 211 Å². The fourth-order valence-corrected chi connectivity index (χ4v) is 6.51. The van der Waals surface area contributed by atoms with E-state index in [4.69, 9.17) is 23.2 Å². The van der Waals surface area contributed by atoms with E-state index < -0.39 is 33.1 Å². The number of Topliss-reactive ketones (excluding diaryl/α,β-unsaturated/α-hetero) is 1. The smallest absolute Gasteiger partial charge is 0.380 e. The van der Waals surface area contributed by atoms with Crippen molar-refractivity contribution in [2.45, 2.75) is 74.3 Å². The molecule has 2 aliphatic carbocycles. The van der Waals surface area contributed by atoms with Crippen LogP contribution in [0.3, 0.4) is 0 Å². The number of nitrogens with zero attached hydrogens (tertiary/aromatic N) is 3. The second-order valence-electron chi connectivity index (χ2n) is 10.2. The number of hydrogen-bond acceptors (Lipinski definition) is 10. The molecule has 0 unspecified atom stereocenters. The van der Waals surface area contributed by atoms with E-state index in [2.05, 4.69) is 10.1 Å². The molecular weight excluding hydrogens is 519 g/mol. The highest BCUT2D eigenvalue weighted by atomic mass is 32.3. The van der Waals surface area contributed by atoms with Gasteiger partial charge >= 0.3 is 5.51 Å². The predicted molar refractivity (Wildman–Crippen MR) is 122 cm³/mol. The molecule has 14 heteroatoms. The molecule has 10 nitrogen and oxygen atoms in total. The normalized spacial score (nSPS) is 28.4. The van der Waals surface area contributed by atoms with Crippen LogP contribution in [0, 0.1) is 0 Å². The van der Waals surface area contributed by atoms with Crippen LogP contribution in [0.5, 0.6) is 5.88 Å². The number of rotatable bonds is 3. The van der Waals surface area contributed by atoms with E-state index in [0.717, 1.165) is 12.8 Å². The number of carbonyl (C=O) groups is 1. The summed E-state index contributed by atoms with van der Waals surface area (Å²) in [6, 6.07) is 0. The van der Waals surface area contributed by atoms with Gasteiger partial charge in [0.1, 0.15) is 5.78 Å². The van der Waals surface area contributed by atoms with Crippen LogP contribution >= 0.6 is 10.9 Å². The first-order valence-corrected chi connectivity index (χ1v) is 13.7. The minimum absolute atomic E-state index is 0.0652. The Hall–Kier alpha value is -2.26. The zero-order valence-electron chi connectivity index (χ0n) is 19.8. The summed E-state index contributed by atoms with van der Waals surface area (Å²) in [5.74, 6) is -0.121. The maximum atomic E-state index is 13.3. The third kappa shape index (κ3) is 3.87. The second kappa shape index (κ2) is 8.63. The molecule has 2 atom stereocenters. The van der Waals surface area contributed by atoms with Crippen LogP contribution in [0.4, 0.5) is 13.2 Å². The fourth-order valence-electron chi connectivity index (χ4n) is 6.06. The average Bonchev–Trinajstić information content (AvgIpc) is 3.49. The number of carbonyl (C=O) groups excluding carboxylic acids is 1. The van der Waals surface area contributed by atoms with Crippen molar-refractivity contribution in [1.82, 2.24) is 15.1 Å². The van der Waals surface area contributed by atoms with Gasteiger partial charge in [-0.3, -0.25) is 13.9 Å². The van der Waals surface area contributed by atoms with Crippen molar-refractivity contribution in [3.05, 3.63) is 22.6 Å². The van der Waals surface area contributed by atoms with E-state index in [9.17, 15) is 27.1 Å². The summed E-state index contributed by atoms with van der Waals surface area (Å²) in [5.41, 5.74) is -5.62. The van der Waals surface area contributed by atoms with Gasteiger partial charge < -0.3 is 18.2 Å². The minimum atomic E-state index is -5.52. The first kappa shape index (κ1) is 25.0. The lowest BCUT2D eigenvalue weighted by Crippen LogP contribution is -2.41. The maximum Gasteiger partial charge on any atom is 0.504 e. The van der Waals surface area contributed by atoms with E-state index >= 15 is 0 Å². The van der Waals surface area contributed by atoms with E-state index in [-0.39, 0.29) is 42.7 Å². The van der Waals surface area contributed by atoms with Crippen molar-refractivity contribution in [3.63, 3.8) is 0 Å². The van der Waals surface area contributed by atoms with Crippen molar-refractivity contribution in [3.8, 4) is 17.4 Å². The largest absolute Gasteiger partial charge is 0.504 e. The van der Waals surface area contributed by atoms with Crippen molar-refractivity contribution < 1.29 is 45.3 Å². The molecule has 4 aliphatic rings. The van der Waals surface area contributed by atoms with Gasteiger partial charge in [-0.2, -0.15) is 18.2 Å². The Bertz CT molecular complexity index is 1240. The monoisotopic (exact) mass is 545 g/mol. The number of halogens is 3. The summed E-state index contributed by atoms with van der Waals surface area (Å²) in [6.07, 6.45) is 5.21. The lowest BCUT2D eigenvalue weighted by atomic mass is 9.64. The molecule has 2 N–H and O–H groups in total. The van der Waals surface area contributed by atoms with E-state index in [1.54, 1.807) is 0 Å². The Morgan fingerprint density at radius 2 is 1.76 bits per heavy atom. The highest BCUT2D eigenvalue weighted by Crippen LogP contribution is 2.57. The molecule has 202 valence electrons. The van der Waals surface area contributed by atoms with E-state index in [0.29, 0.717) is 62.1 Å². The van der Waals surface area contributed by atoms with Gasteiger partial charge in [-0.15, -0.1) is 0 Å². The number of alkyl halides is 3. The molecule has 0 bridgehead atoms. The molecule has 2 aliphatic heterocycles. The molecule has 37 heavy (non-hydrogen) atoms. The minimum Gasteiger partial charge on any atom is -0.380 e.